The lowest BCUT2D eigenvalue weighted by Crippen LogP contribution is -2.29. The van der Waals surface area contributed by atoms with Crippen molar-refractivity contribution in [3.63, 3.8) is 0 Å². The zero-order chi connectivity index (χ0) is 15.8. The van der Waals surface area contributed by atoms with E-state index < -0.39 is 0 Å². The van der Waals surface area contributed by atoms with Gasteiger partial charge in [0.2, 0.25) is 0 Å². The molecule has 1 aromatic rings. The SMILES string of the molecule is CCCCNC(=S)Nc1scc(CC(C)C)c1C(=O)OC. The topological polar surface area (TPSA) is 50.4 Å². The molecule has 0 aromatic carbocycles. The van der Waals surface area contributed by atoms with Gasteiger partial charge in [0, 0.05) is 6.54 Å². The maximum absolute atomic E-state index is 12.0. The molecule has 0 fully saturated rings. The number of rotatable bonds is 7. The molecule has 0 radical (unpaired) electrons. The van der Waals surface area contributed by atoms with E-state index in [1.807, 2.05) is 5.38 Å². The number of methoxy groups -OCH3 is 1. The van der Waals surface area contributed by atoms with Crippen molar-refractivity contribution < 1.29 is 9.53 Å². The summed E-state index contributed by atoms with van der Waals surface area (Å²) >= 11 is 6.75. The molecular weight excluding hydrogens is 304 g/mol. The van der Waals surface area contributed by atoms with Gasteiger partial charge in [0.05, 0.1) is 12.7 Å². The molecular formula is C15H24N2O2S2. The Morgan fingerprint density at radius 2 is 2.19 bits per heavy atom. The third kappa shape index (κ3) is 5.63. The van der Waals surface area contributed by atoms with E-state index in [9.17, 15) is 4.79 Å². The Morgan fingerprint density at radius 3 is 2.76 bits per heavy atom. The number of ether oxygens (including phenoxy) is 1. The molecule has 0 bridgehead atoms. The van der Waals surface area contributed by atoms with Crippen molar-refractivity contribution in [1.82, 2.24) is 5.32 Å². The minimum atomic E-state index is -0.314. The van der Waals surface area contributed by atoms with Gasteiger partial charge in [-0.2, -0.15) is 0 Å². The van der Waals surface area contributed by atoms with Crippen LogP contribution in [0, 0.1) is 5.92 Å². The summed E-state index contributed by atoms with van der Waals surface area (Å²) in [6.45, 7) is 7.22. The Morgan fingerprint density at radius 1 is 1.48 bits per heavy atom. The van der Waals surface area contributed by atoms with E-state index in [0.717, 1.165) is 36.4 Å². The van der Waals surface area contributed by atoms with Crippen molar-refractivity contribution in [3.05, 3.63) is 16.5 Å². The molecule has 1 rings (SSSR count). The molecule has 0 saturated carbocycles. The lowest BCUT2D eigenvalue weighted by molar-refractivity contribution is 0.0601. The fourth-order valence-corrected chi connectivity index (χ4v) is 3.16. The van der Waals surface area contributed by atoms with Gasteiger partial charge < -0.3 is 15.4 Å². The molecule has 6 heteroatoms. The van der Waals surface area contributed by atoms with Crippen LogP contribution in [0.4, 0.5) is 5.00 Å². The predicted molar refractivity (Wildman–Crippen MR) is 93.3 cm³/mol. The summed E-state index contributed by atoms with van der Waals surface area (Å²) in [5, 5.41) is 9.56. The van der Waals surface area contributed by atoms with Crippen molar-refractivity contribution in [2.45, 2.75) is 40.0 Å². The Hall–Kier alpha value is -1.14. The van der Waals surface area contributed by atoms with Crippen LogP contribution in [0.2, 0.25) is 0 Å². The standard InChI is InChI=1S/C15H24N2O2S2/c1-5-6-7-16-15(20)17-13-12(14(18)19-4)11(9-21-13)8-10(2)3/h9-10H,5-8H2,1-4H3,(H2,16,17,20). The van der Waals surface area contributed by atoms with Gasteiger partial charge in [-0.3, -0.25) is 0 Å². The Balaban J connectivity index is 2.83. The molecule has 0 amide bonds. The van der Waals surface area contributed by atoms with E-state index in [4.69, 9.17) is 17.0 Å². The van der Waals surface area contributed by atoms with E-state index in [0.29, 0.717) is 16.6 Å². The van der Waals surface area contributed by atoms with Crippen LogP contribution in [0.1, 0.15) is 49.5 Å². The van der Waals surface area contributed by atoms with Gasteiger partial charge in [-0.1, -0.05) is 27.2 Å². The van der Waals surface area contributed by atoms with Crippen LogP contribution in [-0.4, -0.2) is 24.7 Å². The molecule has 0 spiro atoms. The summed E-state index contributed by atoms with van der Waals surface area (Å²) < 4.78 is 4.90. The molecule has 0 aliphatic heterocycles. The Labute approximate surface area is 136 Å². The highest BCUT2D eigenvalue weighted by Crippen LogP contribution is 2.30. The van der Waals surface area contributed by atoms with Crippen molar-refractivity contribution in [2.24, 2.45) is 5.92 Å². The number of carbonyl (C=O) groups excluding carboxylic acids is 1. The predicted octanol–water partition coefficient (Wildman–Crippen LogP) is 3.82. The number of thiocarbonyl (C=S) groups is 1. The number of unbranched alkanes of at least 4 members (excludes halogenated alkanes) is 1. The fraction of sp³-hybridized carbons (Fsp3) is 0.600. The fourth-order valence-electron chi connectivity index (χ4n) is 1.93. The first-order valence-electron chi connectivity index (χ1n) is 7.23. The van der Waals surface area contributed by atoms with Gasteiger partial charge in [0.15, 0.2) is 5.11 Å². The maximum atomic E-state index is 12.0. The summed E-state index contributed by atoms with van der Waals surface area (Å²) in [5.41, 5.74) is 1.62. The van der Waals surface area contributed by atoms with Gasteiger partial charge in [-0.25, -0.2) is 4.79 Å². The number of hydrogen-bond acceptors (Lipinski definition) is 4. The summed E-state index contributed by atoms with van der Waals surface area (Å²) in [6.07, 6.45) is 3.02. The molecule has 0 atom stereocenters. The van der Waals surface area contributed by atoms with Crippen LogP contribution in [-0.2, 0) is 11.2 Å². The number of hydrogen-bond donors (Lipinski definition) is 2. The first kappa shape index (κ1) is 17.9. The summed E-state index contributed by atoms with van der Waals surface area (Å²) in [6, 6.07) is 0. The molecule has 1 aromatic heterocycles. The smallest absolute Gasteiger partial charge is 0.341 e. The van der Waals surface area contributed by atoms with Gasteiger partial charge >= 0.3 is 5.97 Å². The van der Waals surface area contributed by atoms with Crippen molar-refractivity contribution >= 4 is 39.6 Å². The van der Waals surface area contributed by atoms with Crippen LogP contribution in [0.15, 0.2) is 5.38 Å². The summed E-state index contributed by atoms with van der Waals surface area (Å²) in [4.78, 5) is 12.0. The van der Waals surface area contributed by atoms with E-state index in [1.54, 1.807) is 0 Å². The quantitative estimate of drug-likeness (QED) is 0.453. The minimum Gasteiger partial charge on any atom is -0.465 e. The van der Waals surface area contributed by atoms with E-state index in [2.05, 4.69) is 31.4 Å². The third-order valence-corrected chi connectivity index (χ3v) is 4.12. The Kier molecular flexibility index (Phi) is 7.67. The summed E-state index contributed by atoms with van der Waals surface area (Å²) in [7, 11) is 1.40. The zero-order valence-corrected chi connectivity index (χ0v) is 14.7. The van der Waals surface area contributed by atoms with Crippen molar-refractivity contribution in [2.75, 3.05) is 19.0 Å². The highest BCUT2D eigenvalue weighted by Gasteiger charge is 2.20. The second-order valence-electron chi connectivity index (χ2n) is 5.29. The molecule has 21 heavy (non-hydrogen) atoms. The van der Waals surface area contributed by atoms with E-state index >= 15 is 0 Å². The van der Waals surface area contributed by atoms with Crippen molar-refractivity contribution in [3.8, 4) is 0 Å². The van der Waals surface area contributed by atoms with Gasteiger partial charge in [0.1, 0.15) is 5.00 Å². The Bertz CT molecular complexity index is 484. The monoisotopic (exact) mass is 328 g/mol. The maximum Gasteiger partial charge on any atom is 0.341 e. The number of esters is 1. The third-order valence-electron chi connectivity index (χ3n) is 2.93. The molecule has 0 unspecified atom stereocenters. The van der Waals surface area contributed by atoms with Crippen LogP contribution in [0.25, 0.3) is 0 Å². The van der Waals surface area contributed by atoms with Crippen LogP contribution < -0.4 is 10.6 Å². The van der Waals surface area contributed by atoms with E-state index in [1.165, 1.54) is 18.4 Å². The average Bonchev–Trinajstić information content (AvgIpc) is 2.80. The minimum absolute atomic E-state index is 0.314. The number of thiophene rings is 1. The highest BCUT2D eigenvalue weighted by molar-refractivity contribution is 7.80. The van der Waals surface area contributed by atoms with Crippen LogP contribution in [0.5, 0.6) is 0 Å². The first-order chi connectivity index (χ1) is 9.99. The number of anilines is 1. The lowest BCUT2D eigenvalue weighted by atomic mass is 10.0. The van der Waals surface area contributed by atoms with E-state index in [-0.39, 0.29) is 5.97 Å². The number of nitrogens with one attached hydrogen (secondary N) is 2. The lowest BCUT2D eigenvalue weighted by Gasteiger charge is -2.11. The first-order valence-corrected chi connectivity index (χ1v) is 8.51. The van der Waals surface area contributed by atoms with Crippen LogP contribution in [0.3, 0.4) is 0 Å². The van der Waals surface area contributed by atoms with Gasteiger partial charge in [0.25, 0.3) is 0 Å². The molecule has 4 nitrogen and oxygen atoms in total. The molecule has 2 N–H and O–H groups in total. The number of carbonyl (C=O) groups is 1. The molecule has 118 valence electrons. The molecule has 0 aliphatic rings. The van der Waals surface area contributed by atoms with Crippen molar-refractivity contribution in [1.29, 1.82) is 0 Å². The largest absolute Gasteiger partial charge is 0.465 e. The second kappa shape index (κ2) is 9.00. The molecule has 1 heterocycles. The molecule has 0 aliphatic carbocycles. The normalized spacial score (nSPS) is 10.5. The van der Waals surface area contributed by atoms with Gasteiger partial charge in [-0.05, 0) is 41.9 Å². The van der Waals surface area contributed by atoms with Crippen LogP contribution >= 0.6 is 23.6 Å². The zero-order valence-electron chi connectivity index (χ0n) is 13.1. The summed E-state index contributed by atoms with van der Waals surface area (Å²) in [5.74, 6) is 0.163. The highest BCUT2D eigenvalue weighted by atomic mass is 32.1. The van der Waals surface area contributed by atoms with Gasteiger partial charge in [-0.15, -0.1) is 11.3 Å². The molecule has 0 saturated heterocycles. The average molecular weight is 329 g/mol. The second-order valence-corrected chi connectivity index (χ2v) is 6.58.